The minimum Gasteiger partial charge on any atom is -0.287 e. The Labute approximate surface area is 130 Å². The van der Waals surface area contributed by atoms with Crippen LogP contribution in [0, 0.1) is 0 Å². The number of aromatic nitrogens is 4. The van der Waals surface area contributed by atoms with Crippen LogP contribution in [0.4, 0.5) is 0 Å². The third-order valence-corrected chi connectivity index (χ3v) is 5.27. The maximum Gasteiger partial charge on any atom is 0.269 e. The average Bonchev–Trinajstić information content (AvgIpc) is 3.00. The number of aromatic amines is 1. The third kappa shape index (κ3) is 1.95. The van der Waals surface area contributed by atoms with Gasteiger partial charge in [-0.1, -0.05) is 18.2 Å². The number of hydrogen-bond donors (Lipinski definition) is 1. The minimum absolute atomic E-state index is 0.156. The van der Waals surface area contributed by atoms with Gasteiger partial charge in [0.15, 0.2) is 5.65 Å². The normalized spacial score (nSPS) is 12.0. The molecule has 0 unspecified atom stereocenters. The molecule has 4 aromatic rings. The van der Waals surface area contributed by atoms with E-state index in [0.717, 1.165) is 10.2 Å². The largest absolute Gasteiger partial charge is 0.287 e. The lowest BCUT2D eigenvalue weighted by Crippen LogP contribution is -2.12. The summed E-state index contributed by atoms with van der Waals surface area (Å²) in [6.07, 6.45) is 3.97. The first kappa shape index (κ1) is 13.6. The molecule has 8 heteroatoms. The molecule has 3 aromatic heterocycles. The van der Waals surface area contributed by atoms with E-state index in [9.17, 15) is 13.2 Å². The van der Waals surface area contributed by atoms with Gasteiger partial charge in [-0.3, -0.25) is 9.89 Å². The lowest BCUT2D eigenvalue weighted by molar-refractivity contribution is 0.589. The first-order valence-corrected chi connectivity index (χ1v) is 8.17. The number of rotatable bonds is 2. The number of nitrogens with zero attached hydrogens (tertiary/aromatic N) is 3. The predicted octanol–water partition coefficient (Wildman–Crippen LogP) is 1.51. The Bertz CT molecular complexity index is 1190. The number of H-pyrrole nitrogens is 1. The van der Waals surface area contributed by atoms with E-state index in [2.05, 4.69) is 15.2 Å². The summed E-state index contributed by atoms with van der Waals surface area (Å²) in [7, 11) is -3.78. The molecule has 0 aliphatic carbocycles. The Hall–Kier alpha value is -3.00. The van der Waals surface area contributed by atoms with Gasteiger partial charge in [0.05, 0.1) is 28.2 Å². The molecule has 1 N–H and O–H groups in total. The summed E-state index contributed by atoms with van der Waals surface area (Å²) in [4.78, 5) is 16.4. The Kier molecular flexibility index (Phi) is 2.82. The number of benzene rings is 1. The third-order valence-electron chi connectivity index (χ3n) is 3.59. The van der Waals surface area contributed by atoms with E-state index in [0.29, 0.717) is 16.3 Å². The first-order valence-electron chi connectivity index (χ1n) is 6.73. The zero-order chi connectivity index (χ0) is 16.0. The van der Waals surface area contributed by atoms with Crippen LogP contribution in [0.25, 0.3) is 21.9 Å². The highest BCUT2D eigenvalue weighted by molar-refractivity contribution is 7.90. The number of pyridine rings is 1. The molecule has 0 atom stereocenters. The highest BCUT2D eigenvalue weighted by Gasteiger charge is 2.20. The van der Waals surface area contributed by atoms with Gasteiger partial charge in [0.25, 0.3) is 10.0 Å². The fourth-order valence-corrected chi connectivity index (χ4v) is 3.86. The van der Waals surface area contributed by atoms with E-state index in [4.69, 9.17) is 0 Å². The second-order valence-electron chi connectivity index (χ2n) is 4.95. The topological polar surface area (TPSA) is 97.7 Å². The second-order valence-corrected chi connectivity index (χ2v) is 6.76. The van der Waals surface area contributed by atoms with Gasteiger partial charge in [-0.05, 0) is 18.2 Å². The van der Waals surface area contributed by atoms with Crippen molar-refractivity contribution >= 4 is 32.0 Å². The van der Waals surface area contributed by atoms with Crippen LogP contribution in [0.5, 0.6) is 0 Å². The molecule has 4 rings (SSSR count). The SMILES string of the molecule is O=c1cn[nH]c2cnc3c(ccn3S(=O)(=O)c3ccccc3)c12. The summed E-state index contributed by atoms with van der Waals surface area (Å²) in [6.45, 7) is 0. The zero-order valence-corrected chi connectivity index (χ0v) is 12.5. The van der Waals surface area contributed by atoms with Crippen molar-refractivity contribution in [3.05, 3.63) is 65.2 Å². The van der Waals surface area contributed by atoms with Crippen molar-refractivity contribution in [1.29, 1.82) is 0 Å². The van der Waals surface area contributed by atoms with Gasteiger partial charge in [-0.25, -0.2) is 17.4 Å². The lowest BCUT2D eigenvalue weighted by atomic mass is 10.2. The molecule has 0 spiro atoms. The Morgan fingerprint density at radius 2 is 1.83 bits per heavy atom. The van der Waals surface area contributed by atoms with Crippen LogP contribution in [-0.2, 0) is 10.0 Å². The second kappa shape index (κ2) is 4.75. The van der Waals surface area contributed by atoms with Crippen LogP contribution in [0.1, 0.15) is 0 Å². The molecular weight excluding hydrogens is 316 g/mol. The molecule has 23 heavy (non-hydrogen) atoms. The molecule has 114 valence electrons. The summed E-state index contributed by atoms with van der Waals surface area (Å²) in [6, 6.07) is 9.64. The molecule has 7 nitrogen and oxygen atoms in total. The van der Waals surface area contributed by atoms with Gasteiger partial charge in [0.1, 0.15) is 0 Å². The fourth-order valence-electron chi connectivity index (χ4n) is 2.54. The van der Waals surface area contributed by atoms with Gasteiger partial charge in [-0.2, -0.15) is 5.10 Å². The summed E-state index contributed by atoms with van der Waals surface area (Å²) in [5.74, 6) is 0. The highest BCUT2D eigenvalue weighted by atomic mass is 32.2. The molecule has 0 bridgehead atoms. The molecular formula is C15H10N4O3S. The number of hydrogen-bond acceptors (Lipinski definition) is 5. The van der Waals surface area contributed by atoms with E-state index in [-0.39, 0.29) is 16.0 Å². The summed E-state index contributed by atoms with van der Waals surface area (Å²) >= 11 is 0. The quantitative estimate of drug-likeness (QED) is 0.602. The Balaban J connectivity index is 2.08. The molecule has 0 aliphatic rings. The van der Waals surface area contributed by atoms with Crippen molar-refractivity contribution in [3.63, 3.8) is 0 Å². The van der Waals surface area contributed by atoms with E-state index >= 15 is 0 Å². The summed E-state index contributed by atoms with van der Waals surface area (Å²) in [5.41, 5.74) is 0.374. The molecule has 0 saturated carbocycles. The van der Waals surface area contributed by atoms with Gasteiger partial charge in [0, 0.05) is 11.6 Å². The standard InChI is InChI=1S/C15H10N4O3S/c20-13-9-17-18-12-8-16-15-11(14(12)13)6-7-19(15)23(21,22)10-4-2-1-3-5-10/h1-9H,(H,18,20). The van der Waals surface area contributed by atoms with Crippen LogP contribution in [0.15, 0.2) is 64.7 Å². The average molecular weight is 326 g/mol. The van der Waals surface area contributed by atoms with Gasteiger partial charge < -0.3 is 0 Å². The molecule has 1 aromatic carbocycles. The molecule has 0 aliphatic heterocycles. The predicted molar refractivity (Wildman–Crippen MR) is 84.7 cm³/mol. The van der Waals surface area contributed by atoms with Crippen molar-refractivity contribution in [2.45, 2.75) is 4.90 Å². The van der Waals surface area contributed by atoms with Crippen molar-refractivity contribution < 1.29 is 8.42 Å². The molecule has 0 fully saturated rings. The van der Waals surface area contributed by atoms with Crippen molar-refractivity contribution in [2.75, 3.05) is 0 Å². The van der Waals surface area contributed by atoms with Crippen LogP contribution >= 0.6 is 0 Å². The van der Waals surface area contributed by atoms with E-state index in [1.807, 2.05) is 0 Å². The van der Waals surface area contributed by atoms with Crippen LogP contribution in [-0.4, -0.2) is 27.6 Å². The molecule has 0 amide bonds. The van der Waals surface area contributed by atoms with Crippen molar-refractivity contribution in [1.82, 2.24) is 19.2 Å². The van der Waals surface area contributed by atoms with E-state index in [1.54, 1.807) is 24.3 Å². The van der Waals surface area contributed by atoms with Crippen LogP contribution in [0.3, 0.4) is 0 Å². The first-order chi connectivity index (χ1) is 11.1. The summed E-state index contributed by atoms with van der Waals surface area (Å²) in [5, 5.41) is 7.24. The Morgan fingerprint density at radius 3 is 2.61 bits per heavy atom. The minimum atomic E-state index is -3.78. The summed E-state index contributed by atoms with van der Waals surface area (Å²) < 4.78 is 26.6. The van der Waals surface area contributed by atoms with E-state index in [1.165, 1.54) is 24.5 Å². The maximum atomic E-state index is 12.8. The van der Waals surface area contributed by atoms with Crippen LogP contribution < -0.4 is 5.43 Å². The van der Waals surface area contributed by atoms with Gasteiger partial charge in [0.2, 0.25) is 5.43 Å². The van der Waals surface area contributed by atoms with E-state index < -0.39 is 10.0 Å². The zero-order valence-electron chi connectivity index (χ0n) is 11.7. The van der Waals surface area contributed by atoms with Crippen LogP contribution in [0.2, 0.25) is 0 Å². The molecule has 3 heterocycles. The monoisotopic (exact) mass is 326 g/mol. The van der Waals surface area contributed by atoms with Crippen molar-refractivity contribution in [3.8, 4) is 0 Å². The molecule has 0 saturated heterocycles. The fraction of sp³-hybridized carbons (Fsp3) is 0. The van der Waals surface area contributed by atoms with Gasteiger partial charge in [-0.15, -0.1) is 0 Å². The molecule has 0 radical (unpaired) electrons. The number of fused-ring (bicyclic) bond motifs is 3. The van der Waals surface area contributed by atoms with Gasteiger partial charge >= 0.3 is 0 Å². The smallest absolute Gasteiger partial charge is 0.269 e. The maximum absolute atomic E-state index is 12.8. The number of nitrogens with one attached hydrogen (secondary N) is 1. The van der Waals surface area contributed by atoms with Crippen molar-refractivity contribution in [2.24, 2.45) is 0 Å². The Morgan fingerprint density at radius 1 is 1.04 bits per heavy atom. The highest BCUT2D eigenvalue weighted by Crippen LogP contribution is 2.24. The lowest BCUT2D eigenvalue weighted by Gasteiger charge is -2.07.